The van der Waals surface area contributed by atoms with Gasteiger partial charge < -0.3 is 4.57 Å². The van der Waals surface area contributed by atoms with Crippen molar-refractivity contribution in [1.82, 2.24) is 4.57 Å². The van der Waals surface area contributed by atoms with Gasteiger partial charge in [0.25, 0.3) is 5.91 Å². The monoisotopic (exact) mass is 388 g/mol. The van der Waals surface area contributed by atoms with Gasteiger partial charge in [-0.05, 0) is 55.3 Å². The number of hydrogen-bond donors (Lipinski definition) is 0. The molecule has 1 amide bonds. The molecule has 0 saturated heterocycles. The van der Waals surface area contributed by atoms with E-state index in [1.165, 1.54) is 46.7 Å². The first-order chi connectivity index (χ1) is 12.2. The number of aromatic nitrogens is 1. The van der Waals surface area contributed by atoms with Crippen molar-refractivity contribution in [1.29, 1.82) is 0 Å². The number of amides is 1. The smallest absolute Gasteiger partial charge is 0.279 e. The predicted molar refractivity (Wildman–Crippen MR) is 104 cm³/mol. The number of nitrogens with zero attached hydrogens (tertiary/aromatic N) is 2. The molecule has 5 nitrogen and oxygen atoms in total. The van der Waals surface area contributed by atoms with Crippen LogP contribution in [0.5, 0.6) is 0 Å². The molecule has 0 N–H and O–H groups in total. The summed E-state index contributed by atoms with van der Waals surface area (Å²) in [4.78, 5) is 17.6. The predicted octanol–water partition coefficient (Wildman–Crippen LogP) is 3.39. The molecule has 0 bridgehead atoms. The first-order valence-corrected chi connectivity index (χ1v) is 10.7. The Morgan fingerprint density at radius 1 is 1.12 bits per heavy atom. The maximum absolute atomic E-state index is 12.5. The Balaban J connectivity index is 2.03. The van der Waals surface area contributed by atoms with Crippen LogP contribution in [0, 0.1) is 13.8 Å². The van der Waals surface area contributed by atoms with Gasteiger partial charge in [0.1, 0.15) is 0 Å². The molecular weight excluding hydrogens is 368 g/mol. The van der Waals surface area contributed by atoms with E-state index >= 15 is 0 Å². The molecule has 0 atom stereocenters. The van der Waals surface area contributed by atoms with Crippen molar-refractivity contribution in [2.75, 3.05) is 5.75 Å². The van der Waals surface area contributed by atoms with Gasteiger partial charge in [0, 0.05) is 12.6 Å². The minimum atomic E-state index is -3.28. The molecule has 1 heterocycles. The number of sulfone groups is 1. The van der Waals surface area contributed by atoms with Gasteiger partial charge in [-0.25, -0.2) is 8.42 Å². The number of fused-ring (bicyclic) bond motifs is 1. The summed E-state index contributed by atoms with van der Waals surface area (Å²) >= 11 is 1.46. The number of rotatable bonds is 3. The fraction of sp³-hybridized carbons (Fsp3) is 0.263. The molecule has 0 aliphatic rings. The van der Waals surface area contributed by atoms with E-state index in [0.29, 0.717) is 10.4 Å². The molecule has 0 aliphatic heterocycles. The fourth-order valence-electron chi connectivity index (χ4n) is 2.76. The van der Waals surface area contributed by atoms with Crippen molar-refractivity contribution in [2.24, 2.45) is 12.0 Å². The molecule has 26 heavy (non-hydrogen) atoms. The second-order valence-corrected chi connectivity index (χ2v) is 9.43. The lowest BCUT2D eigenvalue weighted by molar-refractivity contribution is 0.0998. The molecule has 136 valence electrons. The van der Waals surface area contributed by atoms with Crippen molar-refractivity contribution >= 4 is 37.3 Å². The van der Waals surface area contributed by atoms with Gasteiger partial charge in [0.05, 0.1) is 20.9 Å². The maximum atomic E-state index is 12.5. The third kappa shape index (κ3) is 3.24. The molecule has 0 aliphatic carbocycles. The zero-order valence-electron chi connectivity index (χ0n) is 15.1. The highest BCUT2D eigenvalue weighted by molar-refractivity contribution is 7.91. The summed E-state index contributed by atoms with van der Waals surface area (Å²) in [6.07, 6.45) is 0. The van der Waals surface area contributed by atoms with E-state index in [-0.39, 0.29) is 16.6 Å². The zero-order chi connectivity index (χ0) is 19.1. The second kappa shape index (κ2) is 6.81. The third-order valence-corrected chi connectivity index (χ3v) is 7.37. The quantitative estimate of drug-likeness (QED) is 0.691. The zero-order valence-corrected chi connectivity index (χ0v) is 16.7. The number of aryl methyl sites for hydroxylation is 3. The minimum absolute atomic E-state index is 0.0288. The van der Waals surface area contributed by atoms with Gasteiger partial charge in [-0.3, -0.25) is 4.79 Å². The lowest BCUT2D eigenvalue weighted by Gasteiger charge is -2.03. The van der Waals surface area contributed by atoms with Crippen LogP contribution in [-0.2, 0) is 16.9 Å². The molecule has 2 aromatic carbocycles. The largest absolute Gasteiger partial charge is 0.319 e. The molecule has 0 saturated carbocycles. The van der Waals surface area contributed by atoms with E-state index < -0.39 is 9.84 Å². The van der Waals surface area contributed by atoms with Crippen LogP contribution in [0.25, 0.3) is 10.2 Å². The Labute approximate surface area is 156 Å². The van der Waals surface area contributed by atoms with Crippen molar-refractivity contribution in [3.63, 3.8) is 0 Å². The first-order valence-electron chi connectivity index (χ1n) is 8.22. The summed E-state index contributed by atoms with van der Waals surface area (Å²) in [6.45, 7) is 5.71. The fourth-order valence-corrected chi connectivity index (χ4v) is 4.72. The number of benzene rings is 2. The van der Waals surface area contributed by atoms with E-state index in [9.17, 15) is 13.2 Å². The number of carbonyl (C=O) groups excluding carboxylic acids is 1. The normalized spacial score (nSPS) is 12.7. The Bertz CT molecular complexity index is 1170. The average Bonchev–Trinajstić information content (AvgIpc) is 2.94. The molecule has 0 fully saturated rings. The molecular formula is C19H20N2O3S2. The van der Waals surface area contributed by atoms with Crippen LogP contribution >= 0.6 is 11.3 Å². The molecule has 1 aromatic heterocycles. The number of thiazole rings is 1. The van der Waals surface area contributed by atoms with Gasteiger partial charge in [-0.15, -0.1) is 0 Å². The van der Waals surface area contributed by atoms with E-state index in [1.54, 1.807) is 6.92 Å². The van der Waals surface area contributed by atoms with Crippen molar-refractivity contribution in [3.05, 3.63) is 57.9 Å². The van der Waals surface area contributed by atoms with Crippen LogP contribution in [0.1, 0.15) is 28.4 Å². The van der Waals surface area contributed by atoms with Gasteiger partial charge in [0.15, 0.2) is 14.6 Å². The van der Waals surface area contributed by atoms with Gasteiger partial charge in [0.2, 0.25) is 0 Å². The molecule has 3 rings (SSSR count). The Morgan fingerprint density at radius 2 is 1.77 bits per heavy atom. The lowest BCUT2D eigenvalue weighted by Crippen LogP contribution is -2.14. The van der Waals surface area contributed by atoms with Crippen LogP contribution in [0.2, 0.25) is 0 Å². The summed E-state index contributed by atoms with van der Waals surface area (Å²) in [5.41, 5.74) is 3.80. The lowest BCUT2D eigenvalue weighted by atomic mass is 10.1. The van der Waals surface area contributed by atoms with E-state index in [4.69, 9.17) is 0 Å². The van der Waals surface area contributed by atoms with Crippen molar-refractivity contribution in [2.45, 2.75) is 25.7 Å². The van der Waals surface area contributed by atoms with E-state index in [1.807, 2.05) is 17.7 Å². The molecule has 0 unspecified atom stereocenters. The SMILES string of the molecule is CCS(=O)(=O)c1ccc(C(=O)N=c2sc3ccc(C)c(C)c3n2C)cc1. The third-order valence-electron chi connectivity index (χ3n) is 4.53. The molecule has 0 radical (unpaired) electrons. The maximum Gasteiger partial charge on any atom is 0.279 e. The van der Waals surface area contributed by atoms with Crippen LogP contribution in [-0.4, -0.2) is 24.6 Å². The highest BCUT2D eigenvalue weighted by Gasteiger charge is 2.13. The van der Waals surface area contributed by atoms with Crippen LogP contribution in [0.3, 0.4) is 0 Å². The summed E-state index contributed by atoms with van der Waals surface area (Å²) in [5.74, 6) is -0.358. The Hall–Kier alpha value is -2.25. The Kier molecular flexibility index (Phi) is 4.86. The average molecular weight is 389 g/mol. The molecule has 3 aromatic rings. The second-order valence-electron chi connectivity index (χ2n) is 6.14. The summed E-state index contributed by atoms with van der Waals surface area (Å²) in [5, 5.41) is 0. The van der Waals surface area contributed by atoms with Gasteiger partial charge in [-0.1, -0.05) is 24.3 Å². The van der Waals surface area contributed by atoms with Crippen molar-refractivity contribution in [3.8, 4) is 0 Å². The molecule has 7 heteroatoms. The summed E-state index contributed by atoms with van der Waals surface area (Å²) in [6, 6.07) is 10.0. The summed E-state index contributed by atoms with van der Waals surface area (Å²) in [7, 11) is -1.38. The standard InChI is InChI=1S/C19H20N2O3S2/c1-5-26(23,24)15-9-7-14(8-10-15)18(22)20-19-21(4)17-13(3)12(2)6-11-16(17)25-19/h6-11H,5H2,1-4H3. The van der Waals surface area contributed by atoms with Gasteiger partial charge >= 0.3 is 0 Å². The first kappa shape index (κ1) is 18.5. The van der Waals surface area contributed by atoms with E-state index in [2.05, 4.69) is 24.9 Å². The van der Waals surface area contributed by atoms with Crippen LogP contribution in [0.4, 0.5) is 0 Å². The summed E-state index contributed by atoms with van der Waals surface area (Å²) < 4.78 is 26.7. The topological polar surface area (TPSA) is 68.5 Å². The minimum Gasteiger partial charge on any atom is -0.319 e. The highest BCUT2D eigenvalue weighted by Crippen LogP contribution is 2.23. The Morgan fingerprint density at radius 3 is 2.38 bits per heavy atom. The number of hydrogen-bond acceptors (Lipinski definition) is 4. The number of carbonyl (C=O) groups is 1. The molecule has 0 spiro atoms. The van der Waals surface area contributed by atoms with Crippen molar-refractivity contribution < 1.29 is 13.2 Å². The van der Waals surface area contributed by atoms with Crippen LogP contribution in [0.15, 0.2) is 46.3 Å². The highest BCUT2D eigenvalue weighted by atomic mass is 32.2. The van der Waals surface area contributed by atoms with Gasteiger partial charge in [-0.2, -0.15) is 4.99 Å². The van der Waals surface area contributed by atoms with E-state index in [0.717, 1.165) is 10.2 Å². The van der Waals surface area contributed by atoms with Crippen LogP contribution < -0.4 is 4.80 Å².